The van der Waals surface area contributed by atoms with Gasteiger partial charge in [0.2, 0.25) is 0 Å². The van der Waals surface area contributed by atoms with Gasteiger partial charge in [-0.2, -0.15) is 0 Å². The quantitative estimate of drug-likeness (QED) is 0.824. The van der Waals surface area contributed by atoms with Gasteiger partial charge in [-0.05, 0) is 57.5 Å². The second kappa shape index (κ2) is 5.70. The van der Waals surface area contributed by atoms with E-state index in [0.717, 1.165) is 24.8 Å². The number of rotatable bonds is 2. The lowest BCUT2D eigenvalue weighted by molar-refractivity contribution is 0.101. The Labute approximate surface area is 116 Å². The maximum absolute atomic E-state index is 11.5. The minimum atomic E-state index is -2.72. The molecule has 110 valence electrons. The zero-order valence-electron chi connectivity index (χ0n) is 11.7. The van der Waals surface area contributed by atoms with Crippen LogP contribution in [0, 0.1) is 5.92 Å². The number of sulfone groups is 1. The van der Waals surface area contributed by atoms with Crippen molar-refractivity contribution >= 4 is 9.84 Å². The lowest BCUT2D eigenvalue weighted by Crippen LogP contribution is -2.49. The van der Waals surface area contributed by atoms with Crippen molar-refractivity contribution in [3.63, 3.8) is 0 Å². The summed E-state index contributed by atoms with van der Waals surface area (Å²) in [6, 6.07) is 1.24. The van der Waals surface area contributed by atoms with Crippen molar-refractivity contribution in [3.8, 4) is 0 Å². The molecule has 3 heterocycles. The molecule has 3 aliphatic heterocycles. The van der Waals surface area contributed by atoms with E-state index >= 15 is 0 Å². The molecule has 3 aliphatic rings. The molecule has 3 fully saturated rings. The fourth-order valence-electron chi connectivity index (χ4n) is 4.06. The molecule has 1 N–H and O–H groups in total. The number of piperidine rings is 1. The van der Waals surface area contributed by atoms with Gasteiger partial charge in [-0.1, -0.05) is 0 Å². The van der Waals surface area contributed by atoms with Gasteiger partial charge in [-0.25, -0.2) is 8.42 Å². The summed E-state index contributed by atoms with van der Waals surface area (Å²) in [7, 11) is -2.72. The SMILES string of the molecule is O=S1(=O)CCC(N2CCCC(C3CCCN3)C2)CC1. The summed E-state index contributed by atoms with van der Waals surface area (Å²) in [5, 5.41) is 3.64. The molecule has 0 bridgehead atoms. The van der Waals surface area contributed by atoms with E-state index in [1.54, 1.807) is 0 Å². The summed E-state index contributed by atoms with van der Waals surface area (Å²) in [5.74, 6) is 1.59. The Morgan fingerprint density at radius 1 is 1.00 bits per heavy atom. The first-order chi connectivity index (χ1) is 9.14. The molecule has 0 amide bonds. The van der Waals surface area contributed by atoms with Crippen LogP contribution in [0.15, 0.2) is 0 Å². The van der Waals surface area contributed by atoms with Crippen molar-refractivity contribution in [2.45, 2.75) is 50.6 Å². The standard InChI is InChI=1S/C14H26N2O2S/c17-19(18)9-5-13(6-10-19)16-8-2-3-12(11-16)14-4-1-7-15-14/h12-15H,1-11H2. The molecular weight excluding hydrogens is 260 g/mol. The Bertz CT molecular complexity index is 390. The second-order valence-corrected chi connectivity index (χ2v) is 8.79. The summed E-state index contributed by atoms with van der Waals surface area (Å²) in [6.07, 6.45) is 6.99. The summed E-state index contributed by atoms with van der Waals surface area (Å²) in [6.45, 7) is 3.54. The van der Waals surface area contributed by atoms with Gasteiger partial charge in [-0.3, -0.25) is 4.90 Å². The van der Waals surface area contributed by atoms with Crippen LogP contribution >= 0.6 is 0 Å². The van der Waals surface area contributed by atoms with Crippen LogP contribution in [0.25, 0.3) is 0 Å². The fourth-order valence-corrected chi connectivity index (χ4v) is 5.52. The van der Waals surface area contributed by atoms with Crippen LogP contribution in [0.5, 0.6) is 0 Å². The van der Waals surface area contributed by atoms with Gasteiger partial charge in [-0.15, -0.1) is 0 Å². The van der Waals surface area contributed by atoms with Gasteiger partial charge >= 0.3 is 0 Å². The van der Waals surface area contributed by atoms with Crippen LogP contribution in [0.4, 0.5) is 0 Å². The highest BCUT2D eigenvalue weighted by Crippen LogP contribution is 2.28. The molecule has 19 heavy (non-hydrogen) atoms. The van der Waals surface area contributed by atoms with E-state index in [0.29, 0.717) is 17.5 Å². The van der Waals surface area contributed by atoms with Crippen LogP contribution in [0.3, 0.4) is 0 Å². The number of hydrogen-bond acceptors (Lipinski definition) is 4. The Kier molecular flexibility index (Phi) is 4.15. The van der Waals surface area contributed by atoms with Crippen molar-refractivity contribution in [2.75, 3.05) is 31.1 Å². The molecule has 0 radical (unpaired) electrons. The minimum absolute atomic E-state index is 0.403. The third kappa shape index (κ3) is 3.31. The van der Waals surface area contributed by atoms with Crippen LogP contribution in [-0.2, 0) is 9.84 Å². The average molecular weight is 286 g/mol. The van der Waals surface area contributed by atoms with Gasteiger partial charge in [0.05, 0.1) is 11.5 Å². The highest BCUT2D eigenvalue weighted by Gasteiger charge is 2.34. The van der Waals surface area contributed by atoms with Crippen LogP contribution in [0.1, 0.15) is 38.5 Å². The zero-order chi connectivity index (χ0) is 13.3. The van der Waals surface area contributed by atoms with Crippen molar-refractivity contribution < 1.29 is 8.42 Å². The Morgan fingerprint density at radius 2 is 1.79 bits per heavy atom. The third-order valence-electron chi connectivity index (χ3n) is 5.20. The first-order valence-electron chi connectivity index (χ1n) is 7.82. The molecule has 0 spiro atoms. The van der Waals surface area contributed by atoms with E-state index in [1.807, 2.05) is 0 Å². The van der Waals surface area contributed by atoms with Crippen molar-refractivity contribution in [1.29, 1.82) is 0 Å². The van der Waals surface area contributed by atoms with E-state index in [2.05, 4.69) is 10.2 Å². The van der Waals surface area contributed by atoms with E-state index in [1.165, 1.54) is 45.3 Å². The fraction of sp³-hybridized carbons (Fsp3) is 1.00. The third-order valence-corrected chi connectivity index (χ3v) is 6.91. The smallest absolute Gasteiger partial charge is 0.150 e. The average Bonchev–Trinajstić information content (AvgIpc) is 2.93. The molecule has 3 rings (SSSR count). The lowest BCUT2D eigenvalue weighted by atomic mass is 9.88. The summed E-state index contributed by atoms with van der Waals surface area (Å²) in [4.78, 5) is 2.59. The largest absolute Gasteiger partial charge is 0.314 e. The zero-order valence-corrected chi connectivity index (χ0v) is 12.5. The van der Waals surface area contributed by atoms with Gasteiger partial charge < -0.3 is 5.32 Å². The lowest BCUT2D eigenvalue weighted by Gasteiger charge is -2.41. The summed E-state index contributed by atoms with van der Waals surface area (Å²) in [5.41, 5.74) is 0. The number of likely N-dealkylation sites (tertiary alicyclic amines) is 1. The van der Waals surface area contributed by atoms with Crippen LogP contribution < -0.4 is 5.32 Å². The molecule has 2 unspecified atom stereocenters. The maximum atomic E-state index is 11.5. The van der Waals surface area contributed by atoms with Crippen molar-refractivity contribution in [2.24, 2.45) is 5.92 Å². The van der Waals surface area contributed by atoms with Crippen LogP contribution in [-0.4, -0.2) is 56.5 Å². The van der Waals surface area contributed by atoms with E-state index in [4.69, 9.17) is 0 Å². The van der Waals surface area contributed by atoms with Gasteiger partial charge in [0.1, 0.15) is 9.84 Å². The van der Waals surface area contributed by atoms with Gasteiger partial charge in [0.25, 0.3) is 0 Å². The van der Waals surface area contributed by atoms with E-state index in [9.17, 15) is 8.42 Å². The predicted molar refractivity (Wildman–Crippen MR) is 77.0 cm³/mol. The molecule has 0 aromatic heterocycles. The molecule has 3 saturated heterocycles. The first-order valence-corrected chi connectivity index (χ1v) is 9.64. The van der Waals surface area contributed by atoms with Gasteiger partial charge in [0, 0.05) is 18.6 Å². The maximum Gasteiger partial charge on any atom is 0.150 e. The molecule has 4 nitrogen and oxygen atoms in total. The number of nitrogens with zero attached hydrogens (tertiary/aromatic N) is 1. The predicted octanol–water partition coefficient (Wildman–Crippen LogP) is 1.03. The number of nitrogens with one attached hydrogen (secondary N) is 1. The van der Waals surface area contributed by atoms with E-state index in [-0.39, 0.29) is 0 Å². The van der Waals surface area contributed by atoms with Crippen molar-refractivity contribution in [1.82, 2.24) is 10.2 Å². The second-order valence-electron chi connectivity index (χ2n) is 6.48. The molecule has 0 saturated carbocycles. The molecule has 0 aromatic carbocycles. The van der Waals surface area contributed by atoms with Crippen molar-refractivity contribution in [3.05, 3.63) is 0 Å². The monoisotopic (exact) mass is 286 g/mol. The Balaban J connectivity index is 1.56. The normalized spacial score (nSPS) is 37.5. The summed E-state index contributed by atoms with van der Waals surface area (Å²) >= 11 is 0. The Hall–Kier alpha value is -0.130. The van der Waals surface area contributed by atoms with Gasteiger partial charge in [0.15, 0.2) is 0 Å². The molecule has 5 heteroatoms. The Morgan fingerprint density at radius 3 is 2.47 bits per heavy atom. The topological polar surface area (TPSA) is 49.4 Å². The highest BCUT2D eigenvalue weighted by atomic mass is 32.2. The summed E-state index contributed by atoms with van der Waals surface area (Å²) < 4.78 is 23.0. The highest BCUT2D eigenvalue weighted by molar-refractivity contribution is 7.91. The van der Waals surface area contributed by atoms with E-state index < -0.39 is 9.84 Å². The molecule has 2 atom stereocenters. The molecular formula is C14H26N2O2S. The number of hydrogen-bond donors (Lipinski definition) is 1. The minimum Gasteiger partial charge on any atom is -0.314 e. The molecule has 0 aliphatic carbocycles. The molecule has 0 aromatic rings. The van der Waals surface area contributed by atoms with Crippen LogP contribution in [0.2, 0.25) is 0 Å². The first kappa shape index (κ1) is 13.8.